The van der Waals surface area contributed by atoms with Crippen molar-refractivity contribution in [3.8, 4) is 0 Å². The molecule has 2 amide bonds. The lowest BCUT2D eigenvalue weighted by Gasteiger charge is -2.11. The summed E-state index contributed by atoms with van der Waals surface area (Å²) in [7, 11) is 0. The van der Waals surface area contributed by atoms with Gasteiger partial charge in [-0.15, -0.1) is 10.2 Å². The highest BCUT2D eigenvalue weighted by Crippen LogP contribution is 2.22. The maximum absolute atomic E-state index is 13.3. The predicted molar refractivity (Wildman–Crippen MR) is 135 cm³/mol. The maximum atomic E-state index is 13.3. The van der Waals surface area contributed by atoms with Crippen LogP contribution in [0.15, 0.2) is 88.8 Å². The SMILES string of the molecule is NC(=O)c1ccc(NC(=O)CSc2nnc3n(Cc4ccccc4)c(=O)c4ccccc4n23)cc1. The first-order chi connectivity index (χ1) is 17.0. The smallest absolute Gasteiger partial charge is 0.263 e. The van der Waals surface area contributed by atoms with E-state index in [0.29, 0.717) is 39.6 Å². The molecular formula is C25H20N6O3S. The Balaban J connectivity index is 1.44. The second-order valence-electron chi connectivity index (χ2n) is 7.79. The summed E-state index contributed by atoms with van der Waals surface area (Å²) in [6.45, 7) is 0.346. The van der Waals surface area contributed by atoms with Gasteiger partial charge in [-0.05, 0) is 42.0 Å². The number of carbonyl (C=O) groups is 2. The highest BCUT2D eigenvalue weighted by atomic mass is 32.2. The molecule has 3 N–H and O–H groups in total. The molecule has 5 rings (SSSR count). The highest BCUT2D eigenvalue weighted by molar-refractivity contribution is 7.99. The number of hydrogen-bond donors (Lipinski definition) is 2. The molecule has 0 aliphatic rings. The molecule has 0 atom stereocenters. The number of thioether (sulfide) groups is 1. The topological polar surface area (TPSA) is 124 Å². The molecule has 0 aliphatic heterocycles. The van der Waals surface area contributed by atoms with Gasteiger partial charge in [-0.3, -0.25) is 23.4 Å². The lowest BCUT2D eigenvalue weighted by Crippen LogP contribution is -2.24. The molecule has 0 saturated heterocycles. The van der Waals surface area contributed by atoms with E-state index in [9.17, 15) is 14.4 Å². The Hall–Kier alpha value is -4.44. The van der Waals surface area contributed by atoms with E-state index in [2.05, 4.69) is 15.5 Å². The predicted octanol–water partition coefficient (Wildman–Crippen LogP) is 2.92. The van der Waals surface area contributed by atoms with Crippen LogP contribution in [-0.4, -0.2) is 36.7 Å². The van der Waals surface area contributed by atoms with Crippen LogP contribution in [0, 0.1) is 0 Å². The van der Waals surface area contributed by atoms with Gasteiger partial charge in [-0.1, -0.05) is 54.2 Å². The number of nitrogens with one attached hydrogen (secondary N) is 1. The van der Waals surface area contributed by atoms with Crippen molar-refractivity contribution < 1.29 is 9.59 Å². The Labute approximate surface area is 203 Å². The molecule has 0 saturated carbocycles. The summed E-state index contributed by atoms with van der Waals surface area (Å²) in [5, 5.41) is 12.4. The number of nitrogens with two attached hydrogens (primary N) is 1. The van der Waals surface area contributed by atoms with Crippen molar-refractivity contribution in [1.82, 2.24) is 19.2 Å². The van der Waals surface area contributed by atoms with Gasteiger partial charge < -0.3 is 11.1 Å². The summed E-state index contributed by atoms with van der Waals surface area (Å²) in [4.78, 5) is 37.0. The van der Waals surface area contributed by atoms with Gasteiger partial charge in [-0.2, -0.15) is 0 Å². The number of para-hydroxylation sites is 1. The van der Waals surface area contributed by atoms with E-state index in [4.69, 9.17) is 5.73 Å². The van der Waals surface area contributed by atoms with Crippen molar-refractivity contribution in [1.29, 1.82) is 0 Å². The summed E-state index contributed by atoms with van der Waals surface area (Å²) in [5.41, 5.74) is 7.64. The number of nitrogens with zero attached hydrogens (tertiary/aromatic N) is 4. The number of fused-ring (bicyclic) bond motifs is 3. The molecular weight excluding hydrogens is 464 g/mol. The Morgan fingerprint density at radius 2 is 1.63 bits per heavy atom. The molecule has 0 fully saturated rings. The largest absolute Gasteiger partial charge is 0.366 e. The van der Waals surface area contributed by atoms with Crippen molar-refractivity contribution in [2.45, 2.75) is 11.7 Å². The third kappa shape index (κ3) is 4.51. The zero-order chi connectivity index (χ0) is 24.4. The first-order valence-corrected chi connectivity index (χ1v) is 11.7. The van der Waals surface area contributed by atoms with Crippen molar-refractivity contribution >= 4 is 45.9 Å². The van der Waals surface area contributed by atoms with E-state index in [1.807, 2.05) is 48.5 Å². The van der Waals surface area contributed by atoms with Crippen LogP contribution in [0.4, 0.5) is 5.69 Å². The number of primary amides is 1. The van der Waals surface area contributed by atoms with Crippen LogP contribution in [0.1, 0.15) is 15.9 Å². The standard InChI is InChI=1S/C25H20N6O3S/c26-22(33)17-10-12-18(13-11-17)27-21(32)15-35-25-29-28-24-30(14-16-6-2-1-3-7-16)23(34)19-8-4-5-9-20(19)31(24)25/h1-13H,14-15H2,(H2,26,33)(H,27,32). The zero-order valence-electron chi connectivity index (χ0n) is 18.4. The van der Waals surface area contributed by atoms with Crippen LogP contribution in [0.5, 0.6) is 0 Å². The molecule has 2 aromatic heterocycles. The van der Waals surface area contributed by atoms with E-state index >= 15 is 0 Å². The normalized spacial score (nSPS) is 11.1. The molecule has 0 radical (unpaired) electrons. The Morgan fingerprint density at radius 3 is 2.37 bits per heavy atom. The van der Waals surface area contributed by atoms with E-state index in [0.717, 1.165) is 5.56 Å². The van der Waals surface area contributed by atoms with E-state index < -0.39 is 5.91 Å². The van der Waals surface area contributed by atoms with Crippen molar-refractivity contribution in [2.24, 2.45) is 5.73 Å². The number of hydrogen-bond acceptors (Lipinski definition) is 6. The minimum Gasteiger partial charge on any atom is -0.366 e. The Kier molecular flexibility index (Phi) is 6.02. The second kappa shape index (κ2) is 9.43. The van der Waals surface area contributed by atoms with Gasteiger partial charge in [0.15, 0.2) is 5.16 Å². The molecule has 174 valence electrons. The third-order valence-corrected chi connectivity index (χ3v) is 6.38. The van der Waals surface area contributed by atoms with Gasteiger partial charge in [0, 0.05) is 11.3 Å². The molecule has 0 unspecified atom stereocenters. The van der Waals surface area contributed by atoms with Crippen LogP contribution in [0.25, 0.3) is 16.7 Å². The van der Waals surface area contributed by atoms with E-state index in [1.54, 1.807) is 39.3 Å². The summed E-state index contributed by atoms with van der Waals surface area (Å²) in [6, 6.07) is 23.3. The van der Waals surface area contributed by atoms with Crippen LogP contribution >= 0.6 is 11.8 Å². The van der Waals surface area contributed by atoms with Crippen LogP contribution in [-0.2, 0) is 11.3 Å². The number of benzene rings is 3. The van der Waals surface area contributed by atoms with Gasteiger partial charge in [0.05, 0.1) is 23.2 Å². The minimum absolute atomic E-state index is 0.0739. The first-order valence-electron chi connectivity index (χ1n) is 10.7. The molecule has 35 heavy (non-hydrogen) atoms. The molecule has 2 heterocycles. The first kappa shape index (κ1) is 22.4. The minimum atomic E-state index is -0.532. The lowest BCUT2D eigenvalue weighted by molar-refractivity contribution is -0.113. The number of aromatic nitrogens is 4. The average Bonchev–Trinajstić information content (AvgIpc) is 3.30. The summed E-state index contributed by atoms with van der Waals surface area (Å²) in [6.07, 6.45) is 0. The van der Waals surface area contributed by atoms with Gasteiger partial charge in [0.1, 0.15) is 0 Å². The number of rotatable bonds is 7. The quantitative estimate of drug-likeness (QED) is 0.342. The molecule has 0 aliphatic carbocycles. The molecule has 0 bridgehead atoms. The average molecular weight is 485 g/mol. The second-order valence-corrected chi connectivity index (χ2v) is 8.73. The Morgan fingerprint density at radius 1 is 0.914 bits per heavy atom. The number of carbonyl (C=O) groups excluding carboxylic acids is 2. The van der Waals surface area contributed by atoms with Crippen molar-refractivity contribution in [3.63, 3.8) is 0 Å². The summed E-state index contributed by atoms with van der Waals surface area (Å²) < 4.78 is 3.40. The fourth-order valence-corrected chi connectivity index (χ4v) is 4.52. The summed E-state index contributed by atoms with van der Waals surface area (Å²) >= 11 is 1.22. The van der Waals surface area contributed by atoms with Crippen molar-refractivity contribution in [2.75, 3.05) is 11.1 Å². The lowest BCUT2D eigenvalue weighted by atomic mass is 10.2. The fourth-order valence-electron chi connectivity index (χ4n) is 3.78. The Bertz CT molecular complexity index is 1610. The van der Waals surface area contributed by atoms with Crippen molar-refractivity contribution in [3.05, 3.63) is 100 Å². The van der Waals surface area contributed by atoms with Gasteiger partial charge in [0.25, 0.3) is 5.56 Å². The third-order valence-electron chi connectivity index (χ3n) is 5.45. The van der Waals surface area contributed by atoms with Crippen LogP contribution in [0.2, 0.25) is 0 Å². The molecule has 9 nitrogen and oxygen atoms in total. The fraction of sp³-hybridized carbons (Fsp3) is 0.0800. The molecule has 5 aromatic rings. The zero-order valence-corrected chi connectivity index (χ0v) is 19.2. The number of anilines is 1. The van der Waals surface area contributed by atoms with Gasteiger partial charge in [0.2, 0.25) is 17.6 Å². The van der Waals surface area contributed by atoms with Crippen LogP contribution in [0.3, 0.4) is 0 Å². The van der Waals surface area contributed by atoms with E-state index in [-0.39, 0.29) is 17.2 Å². The summed E-state index contributed by atoms with van der Waals surface area (Å²) in [5.74, 6) is -0.303. The monoisotopic (exact) mass is 484 g/mol. The maximum Gasteiger partial charge on any atom is 0.263 e. The molecule has 3 aromatic carbocycles. The van der Waals surface area contributed by atoms with E-state index in [1.165, 1.54) is 11.8 Å². The highest BCUT2D eigenvalue weighted by Gasteiger charge is 2.18. The molecule has 10 heteroatoms. The van der Waals surface area contributed by atoms with Crippen LogP contribution < -0.4 is 16.6 Å². The molecule has 0 spiro atoms. The van der Waals surface area contributed by atoms with Gasteiger partial charge in [-0.25, -0.2) is 0 Å². The van der Waals surface area contributed by atoms with Gasteiger partial charge >= 0.3 is 0 Å². The number of amides is 2.